The lowest BCUT2D eigenvalue weighted by molar-refractivity contribution is -0.144. The van der Waals surface area contributed by atoms with Gasteiger partial charge in [-0.05, 0) is 52.6 Å². The third-order valence-electron chi connectivity index (χ3n) is 4.04. The molecule has 5 nitrogen and oxygen atoms in total. The molecule has 0 amide bonds. The van der Waals surface area contributed by atoms with E-state index in [-0.39, 0.29) is 0 Å². The van der Waals surface area contributed by atoms with Crippen LogP contribution in [0.1, 0.15) is 39.0 Å². The highest BCUT2D eigenvalue weighted by atomic mass is 16.5. The van der Waals surface area contributed by atoms with Gasteiger partial charge in [0.15, 0.2) is 0 Å². The maximum absolute atomic E-state index is 11.2. The highest BCUT2D eigenvalue weighted by molar-refractivity contribution is 5.78. The van der Waals surface area contributed by atoms with Gasteiger partial charge >= 0.3 is 5.97 Å². The van der Waals surface area contributed by atoms with Gasteiger partial charge in [0.1, 0.15) is 5.54 Å². The largest absolute Gasteiger partial charge is 0.480 e. The van der Waals surface area contributed by atoms with Crippen LogP contribution >= 0.6 is 0 Å². The Morgan fingerprint density at radius 1 is 1.42 bits per heavy atom. The zero-order valence-corrected chi connectivity index (χ0v) is 12.4. The van der Waals surface area contributed by atoms with Crippen LogP contribution in [0, 0.1) is 0 Å². The normalized spacial score (nSPS) is 18.5. The Bertz CT molecular complexity index is 282. The third-order valence-corrected chi connectivity index (χ3v) is 4.04. The molecule has 0 aliphatic heterocycles. The molecule has 1 unspecified atom stereocenters. The van der Waals surface area contributed by atoms with E-state index in [0.717, 1.165) is 38.6 Å². The van der Waals surface area contributed by atoms with Crippen molar-refractivity contribution in [1.29, 1.82) is 0 Å². The summed E-state index contributed by atoms with van der Waals surface area (Å²) in [6, 6.07) is 0.741. The van der Waals surface area contributed by atoms with E-state index in [0.29, 0.717) is 6.42 Å². The van der Waals surface area contributed by atoms with Crippen molar-refractivity contribution in [3.8, 4) is 0 Å². The predicted molar refractivity (Wildman–Crippen MR) is 75.4 cm³/mol. The van der Waals surface area contributed by atoms with Crippen LogP contribution in [-0.2, 0) is 9.53 Å². The molecule has 1 atom stereocenters. The van der Waals surface area contributed by atoms with Crippen LogP contribution in [0.15, 0.2) is 0 Å². The maximum Gasteiger partial charge on any atom is 0.323 e. The summed E-state index contributed by atoms with van der Waals surface area (Å²) in [7, 11) is 3.44. The van der Waals surface area contributed by atoms with Gasteiger partial charge in [0, 0.05) is 19.7 Å². The summed E-state index contributed by atoms with van der Waals surface area (Å²) in [5.74, 6) is -0.770. The monoisotopic (exact) mass is 272 g/mol. The summed E-state index contributed by atoms with van der Waals surface area (Å²) in [5, 5.41) is 12.1. The highest BCUT2D eigenvalue weighted by Crippen LogP contribution is 2.27. The maximum atomic E-state index is 11.2. The summed E-state index contributed by atoms with van der Waals surface area (Å²) < 4.78 is 5.13. The van der Waals surface area contributed by atoms with Crippen LogP contribution in [-0.4, -0.2) is 61.4 Å². The fourth-order valence-corrected chi connectivity index (χ4v) is 2.26. The number of hydrogen-bond acceptors (Lipinski definition) is 4. The van der Waals surface area contributed by atoms with Gasteiger partial charge < -0.3 is 15.2 Å². The number of hydrogen-bond donors (Lipinski definition) is 2. The molecular formula is C14H28N2O3. The molecule has 0 spiro atoms. The summed E-state index contributed by atoms with van der Waals surface area (Å²) in [4.78, 5) is 13.6. The van der Waals surface area contributed by atoms with E-state index in [9.17, 15) is 4.79 Å². The van der Waals surface area contributed by atoms with Gasteiger partial charge in [-0.25, -0.2) is 0 Å². The second kappa shape index (κ2) is 7.82. The van der Waals surface area contributed by atoms with E-state index in [4.69, 9.17) is 9.84 Å². The lowest BCUT2D eigenvalue weighted by Crippen LogP contribution is -2.47. The van der Waals surface area contributed by atoms with Gasteiger partial charge in [-0.1, -0.05) is 0 Å². The first kappa shape index (κ1) is 16.4. The molecule has 1 saturated carbocycles. The minimum absolute atomic E-state index is 0.668. The quantitative estimate of drug-likeness (QED) is 0.556. The Kier molecular flexibility index (Phi) is 6.75. The lowest BCUT2D eigenvalue weighted by Gasteiger charge is -2.25. The van der Waals surface area contributed by atoms with Crippen LogP contribution in [0.2, 0.25) is 0 Å². The fourth-order valence-electron chi connectivity index (χ4n) is 2.26. The molecule has 0 bridgehead atoms. The van der Waals surface area contributed by atoms with Gasteiger partial charge in [-0.15, -0.1) is 0 Å². The summed E-state index contributed by atoms with van der Waals surface area (Å²) >= 11 is 0. The number of aliphatic carboxylic acids is 1. The molecule has 0 radical (unpaired) electrons. The molecule has 2 N–H and O–H groups in total. The lowest BCUT2D eigenvalue weighted by atomic mass is 9.95. The average Bonchev–Trinajstić information content (AvgIpc) is 3.21. The highest BCUT2D eigenvalue weighted by Gasteiger charge is 2.31. The predicted octanol–water partition coefficient (Wildman–Crippen LogP) is 1.33. The molecule has 1 aliphatic carbocycles. The van der Waals surface area contributed by atoms with Crippen molar-refractivity contribution in [3.05, 3.63) is 0 Å². The number of ether oxygens (including phenoxy) is 1. The molecule has 0 aromatic rings. The van der Waals surface area contributed by atoms with Crippen LogP contribution in [0.3, 0.4) is 0 Å². The number of nitrogens with zero attached hydrogens (tertiary/aromatic N) is 1. The number of rotatable bonds is 11. The van der Waals surface area contributed by atoms with Gasteiger partial charge in [0.25, 0.3) is 0 Å². The van der Waals surface area contributed by atoms with E-state index in [2.05, 4.69) is 10.2 Å². The average molecular weight is 272 g/mol. The van der Waals surface area contributed by atoms with Gasteiger partial charge in [-0.2, -0.15) is 0 Å². The molecule has 0 aromatic heterocycles. The van der Waals surface area contributed by atoms with Crippen molar-refractivity contribution < 1.29 is 14.6 Å². The Morgan fingerprint density at radius 2 is 2.11 bits per heavy atom. The molecule has 19 heavy (non-hydrogen) atoms. The Balaban J connectivity index is 2.22. The fraction of sp³-hybridized carbons (Fsp3) is 0.929. The number of carboxylic acids is 1. The summed E-state index contributed by atoms with van der Waals surface area (Å²) in [6.07, 6.45) is 5.24. The number of carboxylic acid groups (broad SMARTS) is 1. The molecule has 5 heteroatoms. The molecule has 0 saturated heterocycles. The van der Waals surface area contributed by atoms with Crippen LogP contribution in [0.25, 0.3) is 0 Å². The topological polar surface area (TPSA) is 61.8 Å². The second-order valence-corrected chi connectivity index (χ2v) is 5.60. The van der Waals surface area contributed by atoms with Gasteiger partial charge in [-0.3, -0.25) is 9.69 Å². The number of unbranched alkanes of at least 4 members (excludes halogenated alkanes) is 1. The first-order chi connectivity index (χ1) is 9.03. The third kappa shape index (κ3) is 5.47. The number of likely N-dealkylation sites (N-methyl/N-ethyl adjacent to an activating group) is 1. The molecule has 0 aromatic carbocycles. The van der Waals surface area contributed by atoms with E-state index in [1.54, 1.807) is 21.1 Å². The van der Waals surface area contributed by atoms with Crippen molar-refractivity contribution in [2.45, 2.75) is 50.6 Å². The molecule has 112 valence electrons. The standard InChI is InChI=1S/C14H28N2O3/c1-14(15-2,13(17)18)8-4-5-9-16(10-11-19-3)12-6-7-12/h12,15H,4-11H2,1-3H3,(H,17,18). The molecule has 1 aliphatic rings. The molecular weight excluding hydrogens is 244 g/mol. The zero-order valence-electron chi connectivity index (χ0n) is 12.4. The Morgan fingerprint density at radius 3 is 2.58 bits per heavy atom. The minimum Gasteiger partial charge on any atom is -0.480 e. The van der Waals surface area contributed by atoms with Gasteiger partial charge in [0.2, 0.25) is 0 Å². The van der Waals surface area contributed by atoms with Gasteiger partial charge in [0.05, 0.1) is 6.61 Å². The van der Waals surface area contributed by atoms with Crippen molar-refractivity contribution in [3.63, 3.8) is 0 Å². The molecule has 1 rings (SSSR count). The second-order valence-electron chi connectivity index (χ2n) is 5.60. The SMILES string of the molecule is CNC(C)(CCCCN(CCOC)C1CC1)C(=O)O. The first-order valence-corrected chi connectivity index (χ1v) is 7.19. The Hall–Kier alpha value is -0.650. The van der Waals surface area contributed by atoms with E-state index in [1.807, 2.05) is 0 Å². The molecule has 0 heterocycles. The number of methoxy groups -OCH3 is 1. The van der Waals surface area contributed by atoms with Crippen molar-refractivity contribution >= 4 is 5.97 Å². The van der Waals surface area contributed by atoms with E-state index >= 15 is 0 Å². The number of nitrogens with one attached hydrogen (secondary N) is 1. The van der Waals surface area contributed by atoms with E-state index in [1.165, 1.54) is 12.8 Å². The van der Waals surface area contributed by atoms with Crippen molar-refractivity contribution in [2.24, 2.45) is 0 Å². The van der Waals surface area contributed by atoms with Crippen LogP contribution in [0.5, 0.6) is 0 Å². The van der Waals surface area contributed by atoms with Crippen molar-refractivity contribution in [1.82, 2.24) is 10.2 Å². The van der Waals surface area contributed by atoms with Crippen molar-refractivity contribution in [2.75, 3.05) is 33.9 Å². The summed E-state index contributed by atoms with van der Waals surface area (Å²) in [5.41, 5.74) is -0.795. The first-order valence-electron chi connectivity index (χ1n) is 7.19. The molecule has 1 fully saturated rings. The van der Waals surface area contributed by atoms with E-state index < -0.39 is 11.5 Å². The smallest absolute Gasteiger partial charge is 0.323 e. The van der Waals surface area contributed by atoms with Crippen LogP contribution in [0.4, 0.5) is 0 Å². The zero-order chi connectivity index (χ0) is 14.3. The Labute approximate surface area is 116 Å². The summed E-state index contributed by atoms with van der Waals surface area (Å²) in [6.45, 7) is 4.57. The minimum atomic E-state index is -0.795. The number of carbonyl (C=O) groups is 1. The van der Waals surface area contributed by atoms with Crippen LogP contribution < -0.4 is 5.32 Å².